The number of rotatable bonds is 11. The Labute approximate surface area is 180 Å². The first kappa shape index (κ1) is 22.8. The smallest absolute Gasteiger partial charge is 0.230 e. The van der Waals surface area contributed by atoms with E-state index in [0.29, 0.717) is 6.42 Å². The van der Waals surface area contributed by atoms with Gasteiger partial charge >= 0.3 is 0 Å². The van der Waals surface area contributed by atoms with Gasteiger partial charge in [-0.1, -0.05) is 30.2 Å². The maximum Gasteiger partial charge on any atom is 0.230 e. The molecule has 1 atom stereocenters. The Morgan fingerprint density at radius 3 is 2.77 bits per heavy atom. The summed E-state index contributed by atoms with van der Waals surface area (Å²) < 4.78 is 23.0. The number of halogens is 1. The van der Waals surface area contributed by atoms with Crippen LogP contribution in [0.4, 0.5) is 4.39 Å². The van der Waals surface area contributed by atoms with Crippen LogP contribution in [0, 0.1) is 11.7 Å². The fraction of sp³-hybridized carbons (Fsp3) is 0.545. The van der Waals surface area contributed by atoms with Crippen LogP contribution < -0.4 is 14.8 Å². The van der Waals surface area contributed by atoms with Gasteiger partial charge < -0.3 is 9.84 Å². The molecule has 0 radical (unpaired) electrons. The largest absolute Gasteiger partial charge is 0.488 e. The number of ether oxygens (including phenoxy) is 1. The minimum Gasteiger partial charge on any atom is -0.488 e. The number of allylic oxidation sites excluding steroid dienone is 2. The number of carbonyl (C=O) groups excluding carboxylic acids is 2. The number of hydrogen-bond donors (Lipinski definition) is 3. The van der Waals surface area contributed by atoms with Crippen molar-refractivity contribution in [1.82, 2.24) is 10.0 Å². The molecule has 8 heteroatoms. The number of amides is 2. The average molecular weight is 437 g/mol. The third-order valence-electron chi connectivity index (χ3n) is 5.12. The van der Waals surface area contributed by atoms with Gasteiger partial charge in [0.2, 0.25) is 11.8 Å². The summed E-state index contributed by atoms with van der Waals surface area (Å²) in [6, 6.07) is 4.91. The predicted octanol–water partition coefficient (Wildman–Crippen LogP) is 3.20. The number of aliphatic hydroxyl groups is 1. The van der Waals surface area contributed by atoms with Crippen molar-refractivity contribution in [3.63, 3.8) is 0 Å². The quantitative estimate of drug-likeness (QED) is 0.214. The molecule has 1 aromatic carbocycles. The summed E-state index contributed by atoms with van der Waals surface area (Å²) >= 11 is 1.62. The van der Waals surface area contributed by atoms with E-state index in [9.17, 15) is 19.1 Å². The summed E-state index contributed by atoms with van der Waals surface area (Å²) in [6.07, 6.45) is 7.64. The lowest BCUT2D eigenvalue weighted by atomic mass is 10.0. The van der Waals surface area contributed by atoms with Crippen molar-refractivity contribution < 1.29 is 23.8 Å². The first-order valence-corrected chi connectivity index (χ1v) is 11.2. The van der Waals surface area contributed by atoms with Gasteiger partial charge in [0.05, 0.1) is 17.1 Å². The minimum atomic E-state index is -1.03. The Balaban J connectivity index is 1.43. The second kappa shape index (κ2) is 9.49. The molecule has 30 heavy (non-hydrogen) atoms. The molecule has 6 nitrogen and oxygen atoms in total. The van der Waals surface area contributed by atoms with E-state index < -0.39 is 11.4 Å². The van der Waals surface area contributed by atoms with Crippen LogP contribution in [-0.2, 0) is 15.1 Å². The second-order valence-electron chi connectivity index (χ2n) is 8.59. The summed E-state index contributed by atoms with van der Waals surface area (Å²) in [5.74, 6) is -0.0270. The Hall–Kier alpha value is -1.90. The molecule has 1 aromatic rings. The first-order chi connectivity index (χ1) is 14.2. The van der Waals surface area contributed by atoms with E-state index in [1.54, 1.807) is 37.9 Å². The Kier molecular flexibility index (Phi) is 7.21. The molecule has 3 N–H and O–H groups in total. The van der Waals surface area contributed by atoms with Crippen LogP contribution in [-0.4, -0.2) is 34.9 Å². The fourth-order valence-electron chi connectivity index (χ4n) is 3.23. The zero-order chi connectivity index (χ0) is 21.8. The lowest BCUT2D eigenvalue weighted by Crippen LogP contribution is -2.28. The van der Waals surface area contributed by atoms with E-state index in [4.69, 9.17) is 4.74 Å². The van der Waals surface area contributed by atoms with E-state index in [1.165, 1.54) is 6.07 Å². The van der Waals surface area contributed by atoms with Crippen molar-refractivity contribution in [3.8, 4) is 5.75 Å². The molecular formula is C22H29FN2O4S. The molecule has 1 aliphatic heterocycles. The van der Waals surface area contributed by atoms with Gasteiger partial charge in [0.15, 0.2) is 11.6 Å². The Bertz CT molecular complexity index is 818. The molecule has 3 rings (SSSR count). The van der Waals surface area contributed by atoms with Gasteiger partial charge in [-0.3, -0.25) is 19.6 Å². The van der Waals surface area contributed by atoms with Crippen molar-refractivity contribution in [2.75, 3.05) is 12.4 Å². The number of hydrogen-bond acceptors (Lipinski definition) is 6. The van der Waals surface area contributed by atoms with Crippen LogP contribution in [0.15, 0.2) is 30.4 Å². The summed E-state index contributed by atoms with van der Waals surface area (Å²) in [5.41, 5.74) is -0.218. The molecule has 1 aliphatic carbocycles. The number of benzene rings is 1. The zero-order valence-electron chi connectivity index (χ0n) is 17.4. The van der Waals surface area contributed by atoms with Crippen molar-refractivity contribution in [2.45, 2.75) is 57.1 Å². The predicted molar refractivity (Wildman–Crippen MR) is 114 cm³/mol. The van der Waals surface area contributed by atoms with Gasteiger partial charge in [-0.2, -0.15) is 0 Å². The summed E-state index contributed by atoms with van der Waals surface area (Å²) in [7, 11) is 0. The van der Waals surface area contributed by atoms with Crippen LogP contribution in [0.1, 0.15) is 51.5 Å². The van der Waals surface area contributed by atoms with Crippen molar-refractivity contribution in [2.24, 2.45) is 5.92 Å². The molecule has 2 amide bonds. The topological polar surface area (TPSA) is 87.7 Å². The Morgan fingerprint density at radius 1 is 1.37 bits per heavy atom. The molecule has 1 heterocycles. The zero-order valence-corrected chi connectivity index (χ0v) is 18.2. The standard InChI is InChI=1S/C22H29FN2O4S/c1-21(2,28)14-29-18-13-16(7-8-17(18)23)22(9-10-22)25-30-11-5-3-4-6-15-12-19(26)24-20(15)27/h3-4,7-8,13,15,25,28H,5-6,9-12,14H2,1-2H3,(H,24,26,27)/b4-3+. The molecule has 2 fully saturated rings. The summed E-state index contributed by atoms with van der Waals surface area (Å²) in [5, 5.41) is 12.1. The van der Waals surface area contributed by atoms with E-state index in [0.717, 1.165) is 30.6 Å². The molecule has 0 spiro atoms. The van der Waals surface area contributed by atoms with Gasteiger partial charge in [-0.15, -0.1) is 0 Å². The van der Waals surface area contributed by atoms with Gasteiger partial charge in [0, 0.05) is 12.2 Å². The van der Waals surface area contributed by atoms with E-state index in [1.807, 2.05) is 12.2 Å². The third-order valence-corrected chi connectivity index (χ3v) is 6.10. The van der Waals surface area contributed by atoms with Gasteiger partial charge in [0.25, 0.3) is 0 Å². The molecule has 1 saturated heterocycles. The van der Waals surface area contributed by atoms with Crippen LogP contribution in [0.5, 0.6) is 5.75 Å². The lowest BCUT2D eigenvalue weighted by molar-refractivity contribution is -0.125. The SMILES string of the molecule is CC(C)(O)COc1cc(C2(NSCC/C=C/CC3CC(=O)NC3=O)CC2)ccc1F. The molecule has 1 unspecified atom stereocenters. The Morgan fingerprint density at radius 2 is 2.13 bits per heavy atom. The van der Waals surface area contributed by atoms with Crippen LogP contribution >= 0.6 is 11.9 Å². The number of carbonyl (C=O) groups is 2. The van der Waals surface area contributed by atoms with Crippen molar-refractivity contribution >= 4 is 23.8 Å². The van der Waals surface area contributed by atoms with E-state index in [2.05, 4.69) is 10.0 Å². The number of nitrogens with one attached hydrogen (secondary N) is 2. The van der Waals surface area contributed by atoms with E-state index >= 15 is 0 Å². The van der Waals surface area contributed by atoms with Crippen LogP contribution in [0.25, 0.3) is 0 Å². The molecular weight excluding hydrogens is 407 g/mol. The maximum absolute atomic E-state index is 14.1. The maximum atomic E-state index is 14.1. The molecule has 164 valence electrons. The van der Waals surface area contributed by atoms with Gasteiger partial charge in [-0.25, -0.2) is 4.39 Å². The van der Waals surface area contributed by atoms with Crippen LogP contribution in [0.3, 0.4) is 0 Å². The molecule has 1 saturated carbocycles. The van der Waals surface area contributed by atoms with E-state index in [-0.39, 0.29) is 42.0 Å². The minimum absolute atomic E-state index is 0.0194. The molecule has 0 bridgehead atoms. The van der Waals surface area contributed by atoms with Crippen molar-refractivity contribution in [1.29, 1.82) is 0 Å². The van der Waals surface area contributed by atoms with Gasteiger partial charge in [-0.05, 0) is 57.2 Å². The average Bonchev–Trinajstić information content (AvgIpc) is 3.38. The summed E-state index contributed by atoms with van der Waals surface area (Å²) in [6.45, 7) is 3.25. The highest BCUT2D eigenvalue weighted by Crippen LogP contribution is 2.47. The fourth-order valence-corrected chi connectivity index (χ4v) is 4.19. The molecule has 2 aliphatic rings. The highest BCUT2D eigenvalue weighted by molar-refractivity contribution is 7.97. The number of imide groups is 1. The highest BCUT2D eigenvalue weighted by Gasteiger charge is 2.44. The normalized spacial score (nSPS) is 20.6. The monoisotopic (exact) mass is 436 g/mol. The lowest BCUT2D eigenvalue weighted by Gasteiger charge is -2.21. The van der Waals surface area contributed by atoms with Crippen molar-refractivity contribution in [3.05, 3.63) is 41.7 Å². The first-order valence-electron chi connectivity index (χ1n) is 10.2. The second-order valence-corrected chi connectivity index (χ2v) is 9.49. The van der Waals surface area contributed by atoms with Gasteiger partial charge in [0.1, 0.15) is 6.61 Å². The molecule has 0 aromatic heterocycles. The third kappa shape index (κ3) is 6.30. The summed E-state index contributed by atoms with van der Waals surface area (Å²) in [4.78, 5) is 22.7. The highest BCUT2D eigenvalue weighted by atomic mass is 32.2. The van der Waals surface area contributed by atoms with Crippen LogP contribution in [0.2, 0.25) is 0 Å².